The van der Waals surface area contributed by atoms with Gasteiger partial charge in [0.1, 0.15) is 5.76 Å². The lowest BCUT2D eigenvalue weighted by Crippen LogP contribution is -2.27. The van der Waals surface area contributed by atoms with Crippen LogP contribution in [0.2, 0.25) is 0 Å². The summed E-state index contributed by atoms with van der Waals surface area (Å²) in [6.45, 7) is 0.764. The van der Waals surface area contributed by atoms with Crippen molar-refractivity contribution in [2.45, 2.75) is 13.0 Å². The topological polar surface area (TPSA) is 93.3 Å². The minimum absolute atomic E-state index is 0.0475. The van der Waals surface area contributed by atoms with Gasteiger partial charge in [0.2, 0.25) is 11.8 Å². The van der Waals surface area contributed by atoms with E-state index in [4.69, 9.17) is 4.42 Å². The molecule has 8 nitrogen and oxygen atoms in total. The molecule has 0 radical (unpaired) electrons. The molecule has 26 heavy (non-hydrogen) atoms. The first-order chi connectivity index (χ1) is 12.7. The summed E-state index contributed by atoms with van der Waals surface area (Å²) in [5.41, 5.74) is 0.586. The van der Waals surface area contributed by atoms with Gasteiger partial charge >= 0.3 is 0 Å². The van der Waals surface area contributed by atoms with Gasteiger partial charge in [-0.25, -0.2) is 9.67 Å². The van der Waals surface area contributed by atoms with Crippen molar-refractivity contribution in [3.05, 3.63) is 60.9 Å². The summed E-state index contributed by atoms with van der Waals surface area (Å²) in [6.07, 6.45) is 6.80. The zero-order chi connectivity index (χ0) is 17.9. The summed E-state index contributed by atoms with van der Waals surface area (Å²) < 4.78 is 6.90. The van der Waals surface area contributed by atoms with Crippen LogP contribution in [0.25, 0.3) is 5.82 Å². The van der Waals surface area contributed by atoms with Crippen molar-refractivity contribution in [3.8, 4) is 5.82 Å². The first-order valence-corrected chi connectivity index (χ1v) is 8.26. The highest BCUT2D eigenvalue weighted by atomic mass is 16.3. The van der Waals surface area contributed by atoms with Crippen LogP contribution in [0.15, 0.2) is 59.6 Å². The van der Waals surface area contributed by atoms with Gasteiger partial charge in [0.15, 0.2) is 5.82 Å². The highest BCUT2D eigenvalue weighted by Crippen LogP contribution is 2.22. The van der Waals surface area contributed by atoms with Crippen molar-refractivity contribution in [1.82, 2.24) is 19.7 Å². The Morgan fingerprint density at radius 3 is 2.92 bits per heavy atom. The molecule has 0 aromatic carbocycles. The smallest absolute Gasteiger partial charge is 0.229 e. The quantitative estimate of drug-likeness (QED) is 0.757. The third-order valence-electron chi connectivity index (χ3n) is 4.27. The molecule has 2 amide bonds. The second-order valence-corrected chi connectivity index (χ2v) is 6.10. The number of carbonyl (C=O) groups is 2. The largest absolute Gasteiger partial charge is 0.467 e. The van der Waals surface area contributed by atoms with Gasteiger partial charge in [-0.2, -0.15) is 5.10 Å². The molecule has 1 unspecified atom stereocenters. The van der Waals surface area contributed by atoms with Gasteiger partial charge < -0.3 is 14.6 Å². The first kappa shape index (κ1) is 16.1. The average Bonchev–Trinajstić information content (AvgIpc) is 3.39. The molecule has 0 saturated carbocycles. The standard InChI is InChI=1S/C18H17N5O3/c24-17-9-13(11-22(17)12-15-3-1-8-26-15)18(25)21-14-4-5-16(19-10-14)23-7-2-6-20-23/h1-8,10,13H,9,11-12H2,(H,21,25). The molecule has 0 bridgehead atoms. The van der Waals surface area contributed by atoms with E-state index in [9.17, 15) is 9.59 Å². The molecule has 1 fully saturated rings. The lowest BCUT2D eigenvalue weighted by Gasteiger charge is -2.15. The summed E-state index contributed by atoms with van der Waals surface area (Å²) in [7, 11) is 0. The van der Waals surface area contributed by atoms with Gasteiger partial charge in [0.25, 0.3) is 0 Å². The number of carbonyl (C=O) groups excluding carboxylic acids is 2. The van der Waals surface area contributed by atoms with Crippen LogP contribution in [-0.2, 0) is 16.1 Å². The van der Waals surface area contributed by atoms with Crippen molar-refractivity contribution in [3.63, 3.8) is 0 Å². The number of nitrogens with zero attached hydrogens (tertiary/aromatic N) is 4. The number of pyridine rings is 1. The van der Waals surface area contributed by atoms with Gasteiger partial charge in [-0.05, 0) is 30.3 Å². The second kappa shape index (κ2) is 6.83. The van der Waals surface area contributed by atoms with Gasteiger partial charge in [-0.1, -0.05) is 0 Å². The van der Waals surface area contributed by atoms with Crippen LogP contribution < -0.4 is 5.32 Å². The highest BCUT2D eigenvalue weighted by molar-refractivity contribution is 5.97. The summed E-state index contributed by atoms with van der Waals surface area (Å²) >= 11 is 0. The van der Waals surface area contributed by atoms with E-state index in [2.05, 4.69) is 15.4 Å². The molecule has 0 spiro atoms. The molecule has 1 atom stereocenters. The molecule has 8 heteroatoms. The number of anilines is 1. The van der Waals surface area contributed by atoms with Crippen molar-refractivity contribution in [2.24, 2.45) is 5.92 Å². The third kappa shape index (κ3) is 3.34. The van der Waals surface area contributed by atoms with E-state index in [1.807, 2.05) is 12.1 Å². The minimum Gasteiger partial charge on any atom is -0.467 e. The minimum atomic E-state index is -0.386. The molecule has 1 saturated heterocycles. The Kier molecular flexibility index (Phi) is 4.22. The van der Waals surface area contributed by atoms with Crippen LogP contribution in [0.4, 0.5) is 5.69 Å². The normalized spacial score (nSPS) is 16.8. The number of amides is 2. The maximum Gasteiger partial charge on any atom is 0.229 e. The van der Waals surface area contributed by atoms with Crippen molar-refractivity contribution < 1.29 is 14.0 Å². The maximum absolute atomic E-state index is 12.5. The van der Waals surface area contributed by atoms with Crippen LogP contribution in [-0.4, -0.2) is 38.0 Å². The monoisotopic (exact) mass is 351 g/mol. The molecule has 1 aliphatic heterocycles. The summed E-state index contributed by atoms with van der Waals surface area (Å²) in [4.78, 5) is 30.5. The molecule has 3 aromatic heterocycles. The van der Waals surface area contributed by atoms with Gasteiger partial charge in [0.05, 0.1) is 30.6 Å². The predicted octanol–water partition coefficient (Wildman–Crippen LogP) is 1.85. The van der Waals surface area contributed by atoms with E-state index >= 15 is 0 Å². The van der Waals surface area contributed by atoms with Gasteiger partial charge in [0, 0.05) is 25.4 Å². The Morgan fingerprint density at radius 1 is 1.31 bits per heavy atom. The van der Waals surface area contributed by atoms with E-state index in [0.717, 1.165) is 0 Å². The molecule has 1 N–H and O–H groups in total. The molecular weight excluding hydrogens is 334 g/mol. The number of rotatable bonds is 5. The Balaban J connectivity index is 1.37. The lowest BCUT2D eigenvalue weighted by atomic mass is 10.1. The Hall–Kier alpha value is -3.42. The third-order valence-corrected chi connectivity index (χ3v) is 4.27. The van der Waals surface area contributed by atoms with Crippen molar-refractivity contribution >= 4 is 17.5 Å². The Bertz CT molecular complexity index is 888. The van der Waals surface area contributed by atoms with Crippen LogP contribution in [0.1, 0.15) is 12.2 Å². The van der Waals surface area contributed by atoms with Crippen LogP contribution in [0.3, 0.4) is 0 Å². The Labute approximate surface area is 149 Å². The number of likely N-dealkylation sites (tertiary alicyclic amines) is 1. The molecule has 3 aromatic rings. The van der Waals surface area contributed by atoms with Crippen LogP contribution in [0, 0.1) is 5.92 Å². The number of furan rings is 1. The number of aromatic nitrogens is 3. The summed E-state index contributed by atoms with van der Waals surface area (Å²) in [6, 6.07) is 8.93. The van der Waals surface area contributed by atoms with E-state index in [1.165, 1.54) is 0 Å². The zero-order valence-corrected chi connectivity index (χ0v) is 13.9. The zero-order valence-electron chi connectivity index (χ0n) is 13.9. The number of hydrogen-bond acceptors (Lipinski definition) is 5. The fraction of sp³-hybridized carbons (Fsp3) is 0.222. The van der Waals surface area contributed by atoms with Crippen molar-refractivity contribution in [1.29, 1.82) is 0 Å². The lowest BCUT2D eigenvalue weighted by molar-refractivity contribution is -0.128. The van der Waals surface area contributed by atoms with E-state index in [-0.39, 0.29) is 24.2 Å². The van der Waals surface area contributed by atoms with Gasteiger partial charge in [-0.3, -0.25) is 9.59 Å². The molecule has 132 valence electrons. The van der Waals surface area contributed by atoms with Crippen LogP contribution in [0.5, 0.6) is 0 Å². The van der Waals surface area contributed by atoms with E-state index in [1.54, 1.807) is 52.6 Å². The second-order valence-electron chi connectivity index (χ2n) is 6.10. The fourth-order valence-corrected chi connectivity index (χ4v) is 2.94. The predicted molar refractivity (Wildman–Crippen MR) is 92.2 cm³/mol. The first-order valence-electron chi connectivity index (χ1n) is 8.26. The maximum atomic E-state index is 12.5. The molecule has 4 rings (SSSR count). The van der Waals surface area contributed by atoms with E-state index in [0.29, 0.717) is 30.4 Å². The van der Waals surface area contributed by atoms with Gasteiger partial charge in [-0.15, -0.1) is 0 Å². The number of nitrogens with one attached hydrogen (secondary N) is 1. The number of hydrogen-bond donors (Lipinski definition) is 1. The molecule has 4 heterocycles. The molecule has 1 aliphatic rings. The highest BCUT2D eigenvalue weighted by Gasteiger charge is 2.34. The molecular formula is C18H17N5O3. The van der Waals surface area contributed by atoms with E-state index < -0.39 is 0 Å². The average molecular weight is 351 g/mol. The molecule has 0 aliphatic carbocycles. The fourth-order valence-electron chi connectivity index (χ4n) is 2.94. The van der Waals surface area contributed by atoms with Crippen LogP contribution >= 0.6 is 0 Å². The van der Waals surface area contributed by atoms with Crippen molar-refractivity contribution in [2.75, 3.05) is 11.9 Å². The SMILES string of the molecule is O=C(Nc1ccc(-n2cccn2)nc1)C1CC(=O)N(Cc2ccco2)C1. The Morgan fingerprint density at radius 2 is 2.23 bits per heavy atom. The summed E-state index contributed by atoms with van der Waals surface area (Å²) in [5, 5.41) is 6.93. The summed E-state index contributed by atoms with van der Waals surface area (Å²) in [5.74, 6) is 0.748.